The molecule has 27 heavy (non-hydrogen) atoms. The first-order chi connectivity index (χ1) is 13.0. The van der Waals surface area contributed by atoms with E-state index in [2.05, 4.69) is 21.2 Å². The average Bonchev–Trinajstić information content (AvgIpc) is 2.67. The first-order valence-electron chi connectivity index (χ1n) is 9.06. The standard InChI is InChI=1S/C20H27N5O2/c1-15-14-18(25(12-2-10-21)13-3-11-22)8-9-19(15)24-23-17-6-4-16(5-7-17)20(26)27/h4-9,14H,2-3,10-13,21-22H2,1H3,(H,26,27). The Balaban J connectivity index is 2.13. The van der Waals surface area contributed by atoms with Gasteiger partial charge in [-0.05, 0) is 80.9 Å². The molecule has 0 unspecified atom stereocenters. The van der Waals surface area contributed by atoms with E-state index in [1.165, 1.54) is 12.1 Å². The van der Waals surface area contributed by atoms with Gasteiger partial charge in [-0.15, -0.1) is 0 Å². The summed E-state index contributed by atoms with van der Waals surface area (Å²) in [7, 11) is 0. The molecule has 0 aliphatic rings. The van der Waals surface area contributed by atoms with Gasteiger partial charge < -0.3 is 21.5 Å². The zero-order valence-corrected chi connectivity index (χ0v) is 15.6. The maximum atomic E-state index is 10.9. The summed E-state index contributed by atoms with van der Waals surface area (Å²) in [5.41, 5.74) is 15.0. The number of rotatable bonds is 10. The quantitative estimate of drug-likeness (QED) is 0.553. The van der Waals surface area contributed by atoms with Gasteiger partial charge in [-0.25, -0.2) is 4.79 Å². The molecule has 0 saturated carbocycles. The minimum atomic E-state index is -0.959. The second-order valence-electron chi connectivity index (χ2n) is 6.29. The summed E-state index contributed by atoms with van der Waals surface area (Å²) in [6.07, 6.45) is 1.86. The van der Waals surface area contributed by atoms with Crippen LogP contribution >= 0.6 is 0 Å². The molecule has 0 radical (unpaired) electrons. The summed E-state index contributed by atoms with van der Waals surface area (Å²) < 4.78 is 0. The summed E-state index contributed by atoms with van der Waals surface area (Å²) in [4.78, 5) is 13.2. The van der Waals surface area contributed by atoms with E-state index in [1.54, 1.807) is 12.1 Å². The Kier molecular flexibility index (Phi) is 7.91. The van der Waals surface area contributed by atoms with E-state index in [-0.39, 0.29) is 5.56 Å². The van der Waals surface area contributed by atoms with Crippen LogP contribution in [0.3, 0.4) is 0 Å². The van der Waals surface area contributed by atoms with Crippen LogP contribution in [0, 0.1) is 6.92 Å². The van der Waals surface area contributed by atoms with Gasteiger partial charge in [0.1, 0.15) is 0 Å². The Morgan fingerprint density at radius 3 is 2.15 bits per heavy atom. The molecule has 0 bridgehead atoms. The molecule has 2 aromatic rings. The van der Waals surface area contributed by atoms with Crippen molar-refractivity contribution < 1.29 is 9.90 Å². The van der Waals surface area contributed by atoms with E-state index in [0.717, 1.165) is 42.9 Å². The van der Waals surface area contributed by atoms with Crippen LogP contribution in [0.1, 0.15) is 28.8 Å². The van der Waals surface area contributed by atoms with Crippen molar-refractivity contribution in [2.24, 2.45) is 21.7 Å². The van der Waals surface area contributed by atoms with Gasteiger partial charge in [0.05, 0.1) is 16.9 Å². The Morgan fingerprint density at radius 2 is 1.63 bits per heavy atom. The molecule has 0 aromatic heterocycles. The smallest absolute Gasteiger partial charge is 0.335 e. The molecule has 2 aromatic carbocycles. The van der Waals surface area contributed by atoms with Gasteiger partial charge in [0.25, 0.3) is 0 Å². The molecular weight excluding hydrogens is 342 g/mol. The number of carbonyl (C=O) groups is 1. The van der Waals surface area contributed by atoms with Crippen LogP contribution in [0.15, 0.2) is 52.7 Å². The summed E-state index contributed by atoms with van der Waals surface area (Å²) >= 11 is 0. The van der Waals surface area contributed by atoms with Crippen LogP contribution in [-0.2, 0) is 0 Å². The van der Waals surface area contributed by atoms with Gasteiger partial charge in [-0.3, -0.25) is 0 Å². The van der Waals surface area contributed by atoms with Crippen LogP contribution in [0.5, 0.6) is 0 Å². The van der Waals surface area contributed by atoms with Crippen molar-refractivity contribution in [3.8, 4) is 0 Å². The number of azo groups is 1. The highest BCUT2D eigenvalue weighted by atomic mass is 16.4. The molecule has 5 N–H and O–H groups in total. The normalized spacial score (nSPS) is 11.1. The van der Waals surface area contributed by atoms with Gasteiger partial charge in [0, 0.05) is 18.8 Å². The second-order valence-corrected chi connectivity index (χ2v) is 6.29. The van der Waals surface area contributed by atoms with E-state index >= 15 is 0 Å². The zero-order chi connectivity index (χ0) is 19.6. The monoisotopic (exact) mass is 369 g/mol. The molecule has 2 rings (SSSR count). The Labute approximate surface area is 159 Å². The van der Waals surface area contributed by atoms with E-state index < -0.39 is 5.97 Å². The fourth-order valence-electron chi connectivity index (χ4n) is 2.67. The summed E-state index contributed by atoms with van der Waals surface area (Å²) in [6.45, 7) is 5.10. The fraction of sp³-hybridized carbons (Fsp3) is 0.350. The number of nitrogens with two attached hydrogens (primary N) is 2. The molecule has 0 aliphatic carbocycles. The first kappa shape index (κ1) is 20.5. The third kappa shape index (κ3) is 6.16. The van der Waals surface area contributed by atoms with E-state index in [4.69, 9.17) is 16.6 Å². The van der Waals surface area contributed by atoms with Gasteiger partial charge in [0.15, 0.2) is 0 Å². The van der Waals surface area contributed by atoms with Gasteiger partial charge in [0.2, 0.25) is 0 Å². The average molecular weight is 369 g/mol. The molecule has 144 valence electrons. The van der Waals surface area contributed by atoms with Crippen molar-refractivity contribution in [3.05, 3.63) is 53.6 Å². The molecule has 0 atom stereocenters. The van der Waals surface area contributed by atoms with Crippen LogP contribution in [0.4, 0.5) is 17.1 Å². The van der Waals surface area contributed by atoms with Crippen molar-refractivity contribution in [2.45, 2.75) is 19.8 Å². The van der Waals surface area contributed by atoms with Crippen LogP contribution in [0.25, 0.3) is 0 Å². The summed E-state index contributed by atoms with van der Waals surface area (Å²) in [6, 6.07) is 12.4. The van der Waals surface area contributed by atoms with Crippen LogP contribution in [0.2, 0.25) is 0 Å². The van der Waals surface area contributed by atoms with Crippen molar-refractivity contribution >= 4 is 23.0 Å². The molecular formula is C20H27N5O2. The molecule has 0 spiro atoms. The van der Waals surface area contributed by atoms with Gasteiger partial charge in [-0.1, -0.05) is 0 Å². The van der Waals surface area contributed by atoms with Gasteiger partial charge in [-0.2, -0.15) is 10.2 Å². The second kappa shape index (κ2) is 10.4. The third-order valence-corrected chi connectivity index (χ3v) is 4.20. The number of hydrogen-bond donors (Lipinski definition) is 3. The molecule has 0 fully saturated rings. The third-order valence-electron chi connectivity index (χ3n) is 4.20. The maximum Gasteiger partial charge on any atom is 0.335 e. The Morgan fingerprint density at radius 1 is 1.00 bits per heavy atom. The summed E-state index contributed by atoms with van der Waals surface area (Å²) in [5, 5.41) is 17.4. The lowest BCUT2D eigenvalue weighted by molar-refractivity contribution is 0.0697. The summed E-state index contributed by atoms with van der Waals surface area (Å²) in [5.74, 6) is -0.959. The van der Waals surface area contributed by atoms with Crippen LogP contribution in [-0.4, -0.2) is 37.3 Å². The lowest BCUT2D eigenvalue weighted by atomic mass is 10.1. The molecule has 7 heteroatoms. The number of carboxylic acids is 1. The molecule has 7 nitrogen and oxygen atoms in total. The predicted octanol–water partition coefficient (Wildman–Crippen LogP) is 3.61. The maximum absolute atomic E-state index is 10.9. The first-order valence-corrected chi connectivity index (χ1v) is 9.06. The van der Waals surface area contributed by atoms with Crippen molar-refractivity contribution in [2.75, 3.05) is 31.1 Å². The molecule has 0 amide bonds. The minimum absolute atomic E-state index is 0.226. The highest BCUT2D eigenvalue weighted by Crippen LogP contribution is 2.27. The Bertz CT molecular complexity index is 766. The van der Waals surface area contributed by atoms with E-state index in [9.17, 15) is 4.79 Å². The van der Waals surface area contributed by atoms with Crippen LogP contribution < -0.4 is 16.4 Å². The number of aryl methyl sites for hydroxylation is 1. The van der Waals surface area contributed by atoms with E-state index in [0.29, 0.717) is 18.8 Å². The number of aromatic carboxylic acids is 1. The van der Waals surface area contributed by atoms with Crippen molar-refractivity contribution in [1.82, 2.24) is 0 Å². The number of hydrogen-bond acceptors (Lipinski definition) is 6. The minimum Gasteiger partial charge on any atom is -0.478 e. The van der Waals surface area contributed by atoms with E-state index in [1.807, 2.05) is 19.1 Å². The lowest BCUT2D eigenvalue weighted by Gasteiger charge is -2.25. The fourth-order valence-corrected chi connectivity index (χ4v) is 2.67. The molecule has 0 saturated heterocycles. The largest absolute Gasteiger partial charge is 0.478 e. The predicted molar refractivity (Wildman–Crippen MR) is 108 cm³/mol. The Hall–Kier alpha value is -2.77. The SMILES string of the molecule is Cc1cc(N(CCCN)CCCN)ccc1N=Nc1ccc(C(=O)O)cc1. The topological polar surface area (TPSA) is 117 Å². The highest BCUT2D eigenvalue weighted by molar-refractivity contribution is 5.87. The van der Waals surface area contributed by atoms with Gasteiger partial charge >= 0.3 is 5.97 Å². The number of carboxylic acid groups (broad SMARTS) is 1. The lowest BCUT2D eigenvalue weighted by Crippen LogP contribution is -2.28. The molecule has 0 heterocycles. The number of benzene rings is 2. The number of anilines is 1. The highest BCUT2D eigenvalue weighted by Gasteiger charge is 2.08. The van der Waals surface area contributed by atoms with Crippen molar-refractivity contribution in [3.63, 3.8) is 0 Å². The van der Waals surface area contributed by atoms with Crippen molar-refractivity contribution in [1.29, 1.82) is 0 Å². The zero-order valence-electron chi connectivity index (χ0n) is 15.6. The number of nitrogens with zero attached hydrogens (tertiary/aromatic N) is 3. The molecule has 0 aliphatic heterocycles.